The lowest BCUT2D eigenvalue weighted by atomic mass is 9.88. The predicted molar refractivity (Wildman–Crippen MR) is 105 cm³/mol. The van der Waals surface area contributed by atoms with Gasteiger partial charge in [-0.2, -0.15) is 0 Å². The van der Waals surface area contributed by atoms with Gasteiger partial charge in [0.25, 0.3) is 5.91 Å². The van der Waals surface area contributed by atoms with Gasteiger partial charge in [0.2, 0.25) is 5.91 Å². The van der Waals surface area contributed by atoms with E-state index in [0.29, 0.717) is 27.8 Å². The zero-order chi connectivity index (χ0) is 19.1. The molecule has 4 rings (SSSR count). The molecule has 0 fully saturated rings. The first-order valence-electron chi connectivity index (χ1n) is 9.01. The molecule has 1 aliphatic rings. The van der Waals surface area contributed by atoms with Crippen LogP contribution in [0.3, 0.4) is 0 Å². The highest BCUT2D eigenvalue weighted by Gasteiger charge is 2.27. The number of hydrogen-bond donors (Lipinski definition) is 2. The van der Waals surface area contributed by atoms with Crippen molar-refractivity contribution in [3.8, 4) is 0 Å². The van der Waals surface area contributed by atoms with Gasteiger partial charge >= 0.3 is 0 Å². The third-order valence-electron chi connectivity index (χ3n) is 5.04. The maximum absolute atomic E-state index is 12.6. The van der Waals surface area contributed by atoms with Crippen LogP contribution >= 0.6 is 11.3 Å². The van der Waals surface area contributed by atoms with Crippen LogP contribution in [0.4, 0.5) is 5.00 Å². The van der Waals surface area contributed by atoms with Crippen LogP contribution in [-0.2, 0) is 24.1 Å². The van der Waals surface area contributed by atoms with Crippen LogP contribution in [0.2, 0.25) is 0 Å². The average Bonchev–Trinajstić information content (AvgIpc) is 3.15. The molecule has 3 aromatic rings. The van der Waals surface area contributed by atoms with E-state index in [2.05, 4.69) is 17.4 Å². The van der Waals surface area contributed by atoms with Crippen LogP contribution in [0.25, 0.3) is 11.0 Å². The Bertz CT molecular complexity index is 1050. The maximum Gasteiger partial charge on any atom is 0.251 e. The van der Waals surface area contributed by atoms with Gasteiger partial charge in [-0.05, 0) is 49.8 Å². The van der Waals surface area contributed by atoms with Crippen molar-refractivity contribution >= 4 is 39.1 Å². The topological polar surface area (TPSA) is 98.2 Å². The number of aromatic nitrogens is 1. The number of rotatable bonds is 4. The molecule has 1 aliphatic carbocycles. The van der Waals surface area contributed by atoms with Crippen molar-refractivity contribution < 1.29 is 14.1 Å². The van der Waals surface area contributed by atoms with Gasteiger partial charge in [0, 0.05) is 10.3 Å². The standard InChI is InChI=1S/C20H21N3O3S/c1-10-4-6-15-13(7-10)14(23-26-15)9-17(24)22-20-18(19(21)25)12-5-3-11(2)8-16(12)27-20/h4,6-7,11H,3,5,8-9H2,1-2H3,(H2,21,25)(H,22,24). The Morgan fingerprint density at radius 1 is 1.41 bits per heavy atom. The lowest BCUT2D eigenvalue weighted by molar-refractivity contribution is -0.115. The van der Waals surface area contributed by atoms with Crippen molar-refractivity contribution in [3.05, 3.63) is 45.5 Å². The Morgan fingerprint density at radius 2 is 2.22 bits per heavy atom. The molecule has 2 heterocycles. The number of nitrogens with one attached hydrogen (secondary N) is 1. The van der Waals surface area contributed by atoms with Gasteiger partial charge in [0.1, 0.15) is 10.7 Å². The number of hydrogen-bond acceptors (Lipinski definition) is 5. The van der Waals surface area contributed by atoms with Gasteiger partial charge in [0.15, 0.2) is 5.58 Å². The summed E-state index contributed by atoms with van der Waals surface area (Å²) in [6.07, 6.45) is 2.85. The van der Waals surface area contributed by atoms with Crippen molar-refractivity contribution in [2.45, 2.75) is 39.5 Å². The number of thiophene rings is 1. The molecule has 1 aromatic carbocycles. The summed E-state index contributed by atoms with van der Waals surface area (Å²) in [6.45, 7) is 4.18. The van der Waals surface area contributed by atoms with Crippen LogP contribution in [0.5, 0.6) is 0 Å². The van der Waals surface area contributed by atoms with E-state index in [4.69, 9.17) is 10.3 Å². The molecule has 2 amide bonds. The largest absolute Gasteiger partial charge is 0.365 e. The third-order valence-corrected chi connectivity index (χ3v) is 6.21. The molecule has 140 valence electrons. The van der Waals surface area contributed by atoms with E-state index in [9.17, 15) is 9.59 Å². The average molecular weight is 383 g/mol. The second-order valence-electron chi connectivity index (χ2n) is 7.27. The lowest BCUT2D eigenvalue weighted by Gasteiger charge is -2.18. The molecule has 1 unspecified atom stereocenters. The fourth-order valence-electron chi connectivity index (χ4n) is 3.65. The Balaban J connectivity index is 1.59. The number of carbonyl (C=O) groups excluding carboxylic acids is 2. The van der Waals surface area contributed by atoms with Crippen LogP contribution in [0, 0.1) is 12.8 Å². The molecule has 7 heteroatoms. The molecule has 0 saturated carbocycles. The van der Waals surface area contributed by atoms with Gasteiger partial charge in [0.05, 0.1) is 12.0 Å². The number of nitrogens with zero attached hydrogens (tertiary/aromatic N) is 1. The molecule has 0 spiro atoms. The molecule has 3 N–H and O–H groups in total. The quantitative estimate of drug-likeness (QED) is 0.719. The van der Waals surface area contributed by atoms with E-state index in [1.54, 1.807) is 0 Å². The minimum atomic E-state index is -0.486. The summed E-state index contributed by atoms with van der Waals surface area (Å²) in [7, 11) is 0. The molecule has 0 aliphatic heterocycles. The van der Waals surface area contributed by atoms with Gasteiger partial charge in [-0.25, -0.2) is 0 Å². The van der Waals surface area contributed by atoms with E-state index >= 15 is 0 Å². The van der Waals surface area contributed by atoms with Crippen LogP contribution < -0.4 is 11.1 Å². The number of carbonyl (C=O) groups is 2. The fourth-order valence-corrected chi connectivity index (χ4v) is 5.08. The Kier molecular flexibility index (Phi) is 4.47. The van der Waals surface area contributed by atoms with E-state index in [1.807, 2.05) is 25.1 Å². The van der Waals surface area contributed by atoms with E-state index < -0.39 is 5.91 Å². The SMILES string of the molecule is Cc1ccc2onc(CC(=O)Nc3sc4c(c3C(N)=O)CCC(C)C4)c2c1. The Labute approximate surface area is 160 Å². The van der Waals surface area contributed by atoms with E-state index in [1.165, 1.54) is 11.3 Å². The molecule has 2 aromatic heterocycles. The summed E-state index contributed by atoms with van der Waals surface area (Å²) in [5.74, 6) is -0.147. The van der Waals surface area contributed by atoms with Gasteiger partial charge in [-0.1, -0.05) is 23.7 Å². The highest BCUT2D eigenvalue weighted by atomic mass is 32.1. The summed E-state index contributed by atoms with van der Waals surface area (Å²) in [5.41, 5.74) is 9.39. The van der Waals surface area contributed by atoms with Crippen molar-refractivity contribution in [2.24, 2.45) is 11.7 Å². The summed E-state index contributed by atoms with van der Waals surface area (Å²) >= 11 is 1.46. The van der Waals surface area contributed by atoms with E-state index in [-0.39, 0.29) is 12.3 Å². The molecular formula is C20H21N3O3S. The molecule has 27 heavy (non-hydrogen) atoms. The van der Waals surface area contributed by atoms with Crippen molar-refractivity contribution in [1.29, 1.82) is 0 Å². The number of amides is 2. The first-order valence-corrected chi connectivity index (χ1v) is 9.83. The number of benzene rings is 1. The highest BCUT2D eigenvalue weighted by Crippen LogP contribution is 2.39. The second-order valence-corrected chi connectivity index (χ2v) is 8.38. The van der Waals surface area contributed by atoms with Crippen LogP contribution in [0.1, 0.15) is 45.4 Å². The lowest BCUT2D eigenvalue weighted by Crippen LogP contribution is -2.20. The monoisotopic (exact) mass is 383 g/mol. The molecule has 1 atom stereocenters. The molecule has 0 radical (unpaired) electrons. The first kappa shape index (κ1) is 17.7. The van der Waals surface area contributed by atoms with Gasteiger partial charge in [-0.3, -0.25) is 9.59 Å². The zero-order valence-electron chi connectivity index (χ0n) is 15.3. The number of aryl methyl sites for hydroxylation is 1. The minimum absolute atomic E-state index is 0.0770. The maximum atomic E-state index is 12.6. The molecule has 0 saturated heterocycles. The molecular weight excluding hydrogens is 362 g/mol. The smallest absolute Gasteiger partial charge is 0.251 e. The Morgan fingerprint density at radius 3 is 3.00 bits per heavy atom. The van der Waals surface area contributed by atoms with Crippen LogP contribution in [-0.4, -0.2) is 17.0 Å². The normalized spacial score (nSPS) is 16.3. The molecule has 6 nitrogen and oxygen atoms in total. The van der Waals surface area contributed by atoms with Crippen molar-refractivity contribution in [3.63, 3.8) is 0 Å². The number of anilines is 1. The highest BCUT2D eigenvalue weighted by molar-refractivity contribution is 7.17. The summed E-state index contributed by atoms with van der Waals surface area (Å²) < 4.78 is 5.29. The number of nitrogens with two attached hydrogens (primary N) is 1. The number of primary amides is 1. The summed E-state index contributed by atoms with van der Waals surface area (Å²) in [4.78, 5) is 25.8. The zero-order valence-corrected chi connectivity index (χ0v) is 16.1. The van der Waals surface area contributed by atoms with Gasteiger partial charge < -0.3 is 15.6 Å². The molecule has 0 bridgehead atoms. The Hall–Kier alpha value is -2.67. The third kappa shape index (κ3) is 3.35. The minimum Gasteiger partial charge on any atom is -0.365 e. The number of fused-ring (bicyclic) bond motifs is 2. The predicted octanol–water partition coefficient (Wildman–Crippen LogP) is 3.60. The van der Waals surface area contributed by atoms with Crippen molar-refractivity contribution in [2.75, 3.05) is 5.32 Å². The first-order chi connectivity index (χ1) is 12.9. The van der Waals surface area contributed by atoms with Crippen molar-refractivity contribution in [1.82, 2.24) is 5.16 Å². The fraction of sp³-hybridized carbons (Fsp3) is 0.350. The second kappa shape index (κ2) is 6.81. The van der Waals surface area contributed by atoms with Gasteiger partial charge in [-0.15, -0.1) is 11.3 Å². The van der Waals surface area contributed by atoms with Crippen LogP contribution in [0.15, 0.2) is 22.7 Å². The van der Waals surface area contributed by atoms with E-state index in [0.717, 1.165) is 40.7 Å². The summed E-state index contributed by atoms with van der Waals surface area (Å²) in [6, 6.07) is 5.74. The summed E-state index contributed by atoms with van der Waals surface area (Å²) in [5, 5.41) is 8.29.